The Labute approximate surface area is 213 Å². The summed E-state index contributed by atoms with van der Waals surface area (Å²) in [7, 11) is 2.10. The van der Waals surface area contributed by atoms with E-state index in [9.17, 15) is 5.26 Å². The van der Waals surface area contributed by atoms with Crippen molar-refractivity contribution in [3.8, 4) is 11.8 Å². The summed E-state index contributed by atoms with van der Waals surface area (Å²) in [5.41, 5.74) is 0.318. The summed E-state index contributed by atoms with van der Waals surface area (Å²) in [6.07, 6.45) is 2.51. The average molecular weight is 512 g/mol. The molecule has 0 bridgehead atoms. The Balaban J connectivity index is 1.63. The first kappa shape index (κ1) is 24.9. The van der Waals surface area contributed by atoms with Gasteiger partial charge in [-0.05, 0) is 25.4 Å². The molecule has 3 heterocycles. The lowest BCUT2D eigenvalue weighted by Gasteiger charge is -2.32. The zero-order valence-electron chi connectivity index (χ0n) is 19.8. The number of anilines is 3. The van der Waals surface area contributed by atoms with Crippen molar-refractivity contribution >= 4 is 41.1 Å². The summed E-state index contributed by atoms with van der Waals surface area (Å²) in [5.74, 6) is 2.88. The molecule has 1 aliphatic heterocycles. The van der Waals surface area contributed by atoms with Gasteiger partial charge in [0.15, 0.2) is 11.6 Å². The second-order valence-corrected chi connectivity index (χ2v) is 9.05. The molecule has 12 heteroatoms. The summed E-state index contributed by atoms with van der Waals surface area (Å²) in [4.78, 5) is 27.3. The first-order valence-corrected chi connectivity index (χ1v) is 12.8. The lowest BCUT2D eigenvalue weighted by Crippen LogP contribution is -2.45. The number of nitrogens with zero attached hydrogens (tertiary/aromatic N) is 8. The van der Waals surface area contributed by atoms with E-state index in [1.54, 1.807) is 12.1 Å². The fourth-order valence-corrected chi connectivity index (χ4v) is 4.20. The van der Waals surface area contributed by atoms with Crippen molar-refractivity contribution in [2.24, 2.45) is 0 Å². The molecular formula is C23H26ClN9OS. The van der Waals surface area contributed by atoms with Gasteiger partial charge in [0.25, 0.3) is 0 Å². The lowest BCUT2D eigenvalue weighted by molar-refractivity contribution is 0.295. The topological polar surface area (TPSA) is 116 Å². The predicted molar refractivity (Wildman–Crippen MR) is 137 cm³/mol. The molecule has 1 saturated heterocycles. The fraction of sp³-hybridized carbons (Fsp3) is 0.391. The maximum Gasteiger partial charge on any atom is 0.233 e. The maximum absolute atomic E-state index is 9.83. The minimum Gasteiger partial charge on any atom is -0.484 e. The molecule has 35 heavy (non-hydrogen) atoms. The van der Waals surface area contributed by atoms with Crippen LogP contribution in [0.3, 0.4) is 0 Å². The second-order valence-electron chi connectivity index (χ2n) is 7.85. The van der Waals surface area contributed by atoms with Crippen LogP contribution in [-0.2, 0) is 13.0 Å². The van der Waals surface area contributed by atoms with Gasteiger partial charge >= 0.3 is 0 Å². The van der Waals surface area contributed by atoms with E-state index in [-0.39, 0.29) is 6.61 Å². The third-order valence-corrected chi connectivity index (χ3v) is 6.42. The minimum absolute atomic E-state index is 0.0850. The molecule has 2 aromatic heterocycles. The number of rotatable bonds is 8. The number of piperazine rings is 1. The first-order valence-electron chi connectivity index (χ1n) is 11.2. The average Bonchev–Trinajstić information content (AvgIpc) is 2.88. The van der Waals surface area contributed by atoms with E-state index in [0.29, 0.717) is 57.1 Å². The molecule has 0 unspecified atom stereocenters. The SMILES string of the molecule is CCc1nc(Nc2nc(COc3ccccc3Cl)nc(SC)c2C#N)nc(N2CCN(C)CC2)n1. The van der Waals surface area contributed by atoms with E-state index in [1.807, 2.05) is 25.3 Å². The molecule has 3 aromatic rings. The zero-order chi connectivity index (χ0) is 24.8. The van der Waals surface area contributed by atoms with Gasteiger partial charge in [-0.3, -0.25) is 0 Å². The Morgan fingerprint density at radius 1 is 1.09 bits per heavy atom. The van der Waals surface area contributed by atoms with Crippen molar-refractivity contribution in [1.82, 2.24) is 29.8 Å². The van der Waals surface area contributed by atoms with E-state index < -0.39 is 0 Å². The molecular weight excluding hydrogens is 486 g/mol. The molecule has 0 atom stereocenters. The largest absolute Gasteiger partial charge is 0.484 e. The Bertz CT molecular complexity index is 1230. The molecule has 0 saturated carbocycles. The summed E-state index contributed by atoms with van der Waals surface area (Å²) in [6.45, 7) is 5.62. The molecule has 1 aliphatic rings. The quantitative estimate of drug-likeness (QED) is 0.353. The van der Waals surface area contributed by atoms with Crippen LogP contribution in [0, 0.1) is 11.3 Å². The van der Waals surface area contributed by atoms with Gasteiger partial charge in [-0.25, -0.2) is 9.97 Å². The van der Waals surface area contributed by atoms with Gasteiger partial charge in [0, 0.05) is 32.6 Å². The minimum atomic E-state index is 0.0850. The fourth-order valence-electron chi connectivity index (χ4n) is 3.47. The zero-order valence-corrected chi connectivity index (χ0v) is 21.4. The van der Waals surface area contributed by atoms with Crippen LogP contribution >= 0.6 is 23.4 Å². The van der Waals surface area contributed by atoms with Crippen molar-refractivity contribution in [2.75, 3.05) is 49.7 Å². The number of hydrogen-bond acceptors (Lipinski definition) is 11. The second kappa shape index (κ2) is 11.5. The number of aryl methyl sites for hydroxylation is 1. The summed E-state index contributed by atoms with van der Waals surface area (Å²) in [6, 6.07) is 9.39. The van der Waals surface area contributed by atoms with E-state index in [2.05, 4.69) is 53.2 Å². The molecule has 4 rings (SSSR count). The van der Waals surface area contributed by atoms with Gasteiger partial charge in [0.2, 0.25) is 11.9 Å². The van der Waals surface area contributed by atoms with Gasteiger partial charge < -0.3 is 19.9 Å². The van der Waals surface area contributed by atoms with Crippen LogP contribution in [0.5, 0.6) is 5.75 Å². The van der Waals surface area contributed by atoms with Crippen LogP contribution in [0.25, 0.3) is 0 Å². The van der Waals surface area contributed by atoms with E-state index in [4.69, 9.17) is 16.3 Å². The van der Waals surface area contributed by atoms with Gasteiger partial charge in [-0.2, -0.15) is 20.2 Å². The molecule has 182 valence electrons. The van der Waals surface area contributed by atoms with Crippen molar-refractivity contribution < 1.29 is 4.74 Å². The number of benzene rings is 1. The summed E-state index contributed by atoms with van der Waals surface area (Å²) in [5, 5.41) is 14.0. The standard InChI is InChI=1S/C23H26ClN9OS/c1-4-18-28-22(31-23(29-18)33-11-9-32(2)10-12-33)30-20-15(13-25)21(35-3)27-19(26-20)14-34-17-8-6-5-7-16(17)24/h5-8H,4,9-12,14H2,1-3H3,(H,26,27,28,29,30,31). The van der Waals surface area contributed by atoms with E-state index >= 15 is 0 Å². The Kier molecular flexibility index (Phi) is 8.17. The number of halogens is 1. The molecule has 0 amide bonds. The molecule has 0 spiro atoms. The number of ether oxygens (including phenoxy) is 1. The number of aromatic nitrogens is 5. The molecule has 10 nitrogen and oxygen atoms in total. The first-order chi connectivity index (χ1) is 17.0. The highest BCUT2D eigenvalue weighted by atomic mass is 35.5. The Hall–Kier alpha value is -3.20. The predicted octanol–water partition coefficient (Wildman–Crippen LogP) is 3.55. The highest BCUT2D eigenvalue weighted by Gasteiger charge is 2.20. The van der Waals surface area contributed by atoms with E-state index in [1.165, 1.54) is 11.8 Å². The third kappa shape index (κ3) is 6.08. The van der Waals surface area contributed by atoms with Crippen molar-refractivity contribution in [1.29, 1.82) is 5.26 Å². The van der Waals surface area contributed by atoms with Crippen LogP contribution in [0.15, 0.2) is 29.3 Å². The van der Waals surface area contributed by atoms with Gasteiger partial charge in [0.1, 0.15) is 34.8 Å². The van der Waals surface area contributed by atoms with Gasteiger partial charge in [0.05, 0.1) is 5.02 Å². The number of nitrogens with one attached hydrogen (secondary N) is 1. The van der Waals surface area contributed by atoms with Crippen molar-refractivity contribution in [3.63, 3.8) is 0 Å². The Morgan fingerprint density at radius 2 is 1.86 bits per heavy atom. The molecule has 0 aliphatic carbocycles. The smallest absolute Gasteiger partial charge is 0.233 e. The normalized spacial score (nSPS) is 14.0. The van der Waals surface area contributed by atoms with Crippen molar-refractivity contribution in [3.05, 3.63) is 46.5 Å². The molecule has 1 aromatic carbocycles. The van der Waals surface area contributed by atoms with Crippen LogP contribution in [-0.4, -0.2) is 69.3 Å². The molecule has 1 fully saturated rings. The number of para-hydroxylation sites is 1. The number of nitriles is 1. The Morgan fingerprint density at radius 3 is 2.54 bits per heavy atom. The number of thioether (sulfide) groups is 1. The van der Waals surface area contributed by atoms with Crippen LogP contribution in [0.1, 0.15) is 24.1 Å². The van der Waals surface area contributed by atoms with Crippen molar-refractivity contribution in [2.45, 2.75) is 25.0 Å². The maximum atomic E-state index is 9.83. The summed E-state index contributed by atoms with van der Waals surface area (Å²) >= 11 is 7.55. The molecule has 0 radical (unpaired) electrons. The van der Waals surface area contributed by atoms with Crippen LogP contribution in [0.4, 0.5) is 17.7 Å². The number of hydrogen-bond donors (Lipinski definition) is 1. The van der Waals surface area contributed by atoms with E-state index in [0.717, 1.165) is 26.2 Å². The van der Waals surface area contributed by atoms with Crippen LogP contribution < -0.4 is 15.0 Å². The highest BCUT2D eigenvalue weighted by molar-refractivity contribution is 7.98. The van der Waals surface area contributed by atoms with Gasteiger partial charge in [-0.15, -0.1) is 11.8 Å². The lowest BCUT2D eigenvalue weighted by atomic mass is 10.3. The monoisotopic (exact) mass is 511 g/mol. The van der Waals surface area contributed by atoms with Crippen LogP contribution in [0.2, 0.25) is 5.02 Å². The number of likely N-dealkylation sites (N-methyl/N-ethyl adjacent to an activating group) is 1. The van der Waals surface area contributed by atoms with Gasteiger partial charge in [-0.1, -0.05) is 30.7 Å². The molecule has 1 N–H and O–H groups in total. The highest BCUT2D eigenvalue weighted by Crippen LogP contribution is 2.27. The third-order valence-electron chi connectivity index (χ3n) is 5.42. The summed E-state index contributed by atoms with van der Waals surface area (Å²) < 4.78 is 5.82.